The van der Waals surface area contributed by atoms with Gasteiger partial charge in [-0.05, 0) is 31.9 Å². The summed E-state index contributed by atoms with van der Waals surface area (Å²) in [7, 11) is 1.95. The van der Waals surface area contributed by atoms with Gasteiger partial charge in [0.05, 0.1) is 12.7 Å². The first kappa shape index (κ1) is 15.1. The molecule has 0 amide bonds. The van der Waals surface area contributed by atoms with Crippen molar-refractivity contribution in [1.82, 2.24) is 24.8 Å². The first-order chi connectivity index (χ1) is 11.7. The molecule has 124 valence electrons. The number of benzene rings is 1. The molecule has 2 aromatic heterocycles. The van der Waals surface area contributed by atoms with Gasteiger partial charge in [-0.3, -0.25) is 9.58 Å². The van der Waals surface area contributed by atoms with E-state index in [0.29, 0.717) is 24.3 Å². The van der Waals surface area contributed by atoms with Crippen LogP contribution in [0.2, 0.25) is 0 Å². The summed E-state index contributed by atoms with van der Waals surface area (Å²) < 4.78 is 7.36. The Labute approximate surface area is 141 Å². The summed E-state index contributed by atoms with van der Waals surface area (Å²) in [6.45, 7) is 3.78. The van der Waals surface area contributed by atoms with Crippen LogP contribution < -0.4 is 0 Å². The van der Waals surface area contributed by atoms with Crippen LogP contribution in [-0.2, 0) is 13.6 Å². The fourth-order valence-corrected chi connectivity index (χ4v) is 3.43. The summed E-state index contributed by atoms with van der Waals surface area (Å²) in [4.78, 5) is 6.99. The van der Waals surface area contributed by atoms with E-state index in [0.717, 1.165) is 24.1 Å². The van der Waals surface area contributed by atoms with Crippen molar-refractivity contribution in [1.29, 1.82) is 0 Å². The van der Waals surface area contributed by atoms with Gasteiger partial charge < -0.3 is 4.52 Å². The van der Waals surface area contributed by atoms with E-state index < -0.39 is 0 Å². The van der Waals surface area contributed by atoms with Crippen molar-refractivity contribution >= 4 is 0 Å². The van der Waals surface area contributed by atoms with Crippen molar-refractivity contribution in [2.24, 2.45) is 7.05 Å². The lowest BCUT2D eigenvalue weighted by molar-refractivity contribution is 0.212. The highest BCUT2D eigenvalue weighted by molar-refractivity contribution is 5.58. The van der Waals surface area contributed by atoms with Gasteiger partial charge in [-0.2, -0.15) is 10.1 Å². The Morgan fingerprint density at radius 2 is 2.17 bits per heavy atom. The van der Waals surface area contributed by atoms with Crippen molar-refractivity contribution in [3.05, 3.63) is 53.7 Å². The van der Waals surface area contributed by atoms with Crippen LogP contribution in [0.5, 0.6) is 0 Å². The molecule has 0 radical (unpaired) electrons. The Bertz CT molecular complexity index is 837. The van der Waals surface area contributed by atoms with Crippen LogP contribution in [0.1, 0.15) is 35.9 Å². The van der Waals surface area contributed by atoms with Crippen LogP contribution in [0.25, 0.3) is 11.4 Å². The van der Waals surface area contributed by atoms with Crippen molar-refractivity contribution < 1.29 is 4.52 Å². The second kappa shape index (κ2) is 6.20. The lowest BCUT2D eigenvalue weighted by Crippen LogP contribution is -2.22. The molecule has 1 fully saturated rings. The van der Waals surface area contributed by atoms with Crippen LogP contribution >= 0.6 is 0 Å². The van der Waals surface area contributed by atoms with Gasteiger partial charge in [0.15, 0.2) is 0 Å². The SMILES string of the molecule is Cc1ccccc1-c1noc(CN2CCC[C@@H]2c2cnn(C)c2)n1. The molecule has 0 N–H and O–H groups in total. The van der Waals surface area contributed by atoms with Gasteiger partial charge in [-0.1, -0.05) is 29.4 Å². The third-order valence-electron chi connectivity index (χ3n) is 4.67. The molecule has 3 heterocycles. The molecular weight excluding hydrogens is 302 g/mol. The molecule has 1 aliphatic rings. The van der Waals surface area contributed by atoms with E-state index >= 15 is 0 Å². The molecule has 24 heavy (non-hydrogen) atoms. The minimum absolute atomic E-state index is 0.382. The second-order valence-corrected chi connectivity index (χ2v) is 6.40. The fraction of sp³-hybridized carbons (Fsp3) is 0.389. The fourth-order valence-electron chi connectivity index (χ4n) is 3.43. The zero-order chi connectivity index (χ0) is 16.5. The molecule has 1 aromatic carbocycles. The number of rotatable bonds is 4. The average Bonchev–Trinajstić information content (AvgIpc) is 3.29. The normalized spacial score (nSPS) is 18.3. The lowest BCUT2D eigenvalue weighted by atomic mass is 10.1. The number of aryl methyl sites for hydroxylation is 2. The summed E-state index contributed by atoms with van der Waals surface area (Å²) in [5, 5.41) is 8.46. The van der Waals surface area contributed by atoms with Crippen molar-refractivity contribution in [3.8, 4) is 11.4 Å². The van der Waals surface area contributed by atoms with E-state index in [1.54, 1.807) is 0 Å². The molecule has 1 aliphatic heterocycles. The lowest BCUT2D eigenvalue weighted by Gasteiger charge is -2.21. The van der Waals surface area contributed by atoms with E-state index in [4.69, 9.17) is 4.52 Å². The number of aromatic nitrogens is 4. The van der Waals surface area contributed by atoms with Crippen LogP contribution in [0, 0.1) is 6.92 Å². The highest BCUT2D eigenvalue weighted by Crippen LogP contribution is 2.32. The monoisotopic (exact) mass is 323 g/mol. The number of nitrogens with zero attached hydrogens (tertiary/aromatic N) is 5. The third kappa shape index (κ3) is 2.85. The van der Waals surface area contributed by atoms with Crippen LogP contribution in [0.4, 0.5) is 0 Å². The Morgan fingerprint density at radius 3 is 2.96 bits per heavy atom. The van der Waals surface area contributed by atoms with Gasteiger partial charge in [0, 0.05) is 30.4 Å². The van der Waals surface area contributed by atoms with Crippen LogP contribution in [0.3, 0.4) is 0 Å². The molecule has 1 atom stereocenters. The van der Waals surface area contributed by atoms with Gasteiger partial charge in [0.2, 0.25) is 11.7 Å². The molecule has 0 spiro atoms. The molecule has 4 rings (SSSR count). The van der Waals surface area contributed by atoms with Gasteiger partial charge in [0.25, 0.3) is 0 Å². The Balaban J connectivity index is 1.52. The zero-order valence-electron chi connectivity index (χ0n) is 14.0. The van der Waals surface area contributed by atoms with E-state index in [9.17, 15) is 0 Å². The number of likely N-dealkylation sites (tertiary alicyclic amines) is 1. The minimum atomic E-state index is 0.382. The summed E-state index contributed by atoms with van der Waals surface area (Å²) >= 11 is 0. The average molecular weight is 323 g/mol. The quantitative estimate of drug-likeness (QED) is 0.738. The summed E-state index contributed by atoms with van der Waals surface area (Å²) in [6, 6.07) is 8.48. The molecule has 6 heteroatoms. The van der Waals surface area contributed by atoms with Crippen molar-refractivity contribution in [2.75, 3.05) is 6.54 Å². The second-order valence-electron chi connectivity index (χ2n) is 6.40. The third-order valence-corrected chi connectivity index (χ3v) is 4.67. The molecule has 6 nitrogen and oxygen atoms in total. The summed E-state index contributed by atoms with van der Waals surface area (Å²) in [5.41, 5.74) is 3.44. The van der Waals surface area contributed by atoms with Crippen molar-refractivity contribution in [3.63, 3.8) is 0 Å². The highest BCUT2D eigenvalue weighted by atomic mass is 16.5. The molecule has 0 unspecified atom stereocenters. The maximum Gasteiger partial charge on any atom is 0.241 e. The van der Waals surface area contributed by atoms with Crippen LogP contribution in [0.15, 0.2) is 41.2 Å². The minimum Gasteiger partial charge on any atom is -0.338 e. The Kier molecular flexibility index (Phi) is 3.90. The van der Waals surface area contributed by atoms with Gasteiger partial charge in [-0.15, -0.1) is 0 Å². The zero-order valence-corrected chi connectivity index (χ0v) is 14.0. The van der Waals surface area contributed by atoms with E-state index in [-0.39, 0.29) is 0 Å². The smallest absolute Gasteiger partial charge is 0.241 e. The largest absolute Gasteiger partial charge is 0.338 e. The first-order valence-corrected chi connectivity index (χ1v) is 8.32. The maximum atomic E-state index is 5.50. The molecule has 0 saturated carbocycles. The van der Waals surface area contributed by atoms with Gasteiger partial charge >= 0.3 is 0 Å². The van der Waals surface area contributed by atoms with Crippen LogP contribution in [-0.4, -0.2) is 31.4 Å². The van der Waals surface area contributed by atoms with E-state index in [1.165, 1.54) is 12.0 Å². The first-order valence-electron chi connectivity index (χ1n) is 8.32. The molecular formula is C18H21N5O. The predicted molar refractivity (Wildman–Crippen MR) is 90.1 cm³/mol. The topological polar surface area (TPSA) is 60.0 Å². The van der Waals surface area contributed by atoms with Crippen molar-refractivity contribution in [2.45, 2.75) is 32.4 Å². The van der Waals surface area contributed by atoms with E-state index in [2.05, 4.69) is 39.3 Å². The number of hydrogen-bond acceptors (Lipinski definition) is 5. The number of hydrogen-bond donors (Lipinski definition) is 0. The Morgan fingerprint density at radius 1 is 1.29 bits per heavy atom. The molecule has 3 aromatic rings. The van der Waals surface area contributed by atoms with Gasteiger partial charge in [-0.25, -0.2) is 0 Å². The molecule has 0 aliphatic carbocycles. The van der Waals surface area contributed by atoms with Gasteiger partial charge in [0.1, 0.15) is 0 Å². The predicted octanol–water partition coefficient (Wildman–Crippen LogP) is 3.12. The summed E-state index contributed by atoms with van der Waals surface area (Å²) in [5.74, 6) is 1.34. The molecule has 0 bridgehead atoms. The Hall–Kier alpha value is -2.47. The maximum absolute atomic E-state index is 5.50. The highest BCUT2D eigenvalue weighted by Gasteiger charge is 2.28. The molecule has 1 saturated heterocycles. The standard InChI is InChI=1S/C18H21N5O/c1-13-6-3-4-7-15(13)18-20-17(24-21-18)12-23-9-5-8-16(23)14-10-19-22(2)11-14/h3-4,6-7,10-11,16H,5,8-9,12H2,1-2H3/t16-/m1/s1. The summed E-state index contributed by atoms with van der Waals surface area (Å²) in [6.07, 6.45) is 6.37. The van der Waals surface area contributed by atoms with E-state index in [1.807, 2.05) is 36.1 Å².